The first kappa shape index (κ1) is 20.5. The van der Waals surface area contributed by atoms with Gasteiger partial charge in [0.15, 0.2) is 0 Å². The number of carbonyl (C=O) groups is 1. The average molecular weight is 429 g/mol. The van der Waals surface area contributed by atoms with E-state index in [1.165, 1.54) is 24.5 Å². The molecule has 0 saturated carbocycles. The number of benzene rings is 4. The van der Waals surface area contributed by atoms with E-state index in [-0.39, 0.29) is 5.78 Å². The van der Waals surface area contributed by atoms with Crippen LogP contribution in [0.5, 0.6) is 0 Å². The molecule has 30 heavy (non-hydrogen) atoms. The second-order valence-electron chi connectivity index (χ2n) is 7.13. The maximum absolute atomic E-state index is 11.3. The summed E-state index contributed by atoms with van der Waals surface area (Å²) < 4.78 is 0. The number of Topliss-reactive ketones (excluding diaryl/α,β-unsaturated/α-hetero) is 1. The molecule has 0 spiro atoms. The van der Waals surface area contributed by atoms with Crippen LogP contribution in [0.3, 0.4) is 0 Å². The minimum absolute atomic E-state index is 0.194. The van der Waals surface area contributed by atoms with Gasteiger partial charge in [-0.05, 0) is 87.8 Å². The zero-order chi connectivity index (χ0) is 20.8. The maximum Gasteiger partial charge on any atom is 0.134 e. The summed E-state index contributed by atoms with van der Waals surface area (Å²) in [5.74, 6) is 0.194. The number of carbonyl (C=O) groups excluding carboxylic acids is 1. The topological polar surface area (TPSA) is 17.1 Å². The first-order chi connectivity index (χ1) is 14.7. The predicted molar refractivity (Wildman–Crippen MR) is 128 cm³/mol. The van der Waals surface area contributed by atoms with Crippen molar-refractivity contribution < 1.29 is 4.79 Å². The van der Waals surface area contributed by atoms with Gasteiger partial charge in [-0.25, -0.2) is 0 Å². The summed E-state index contributed by atoms with van der Waals surface area (Å²) in [4.78, 5) is 17.8. The standard InChI is InChI=1S/C27H24OS2/c1-21(28)20-22-12-14-23(15-13-22)29-24-16-18-27(19-17-24)30(25-8-4-2-5-9-25)26-10-6-3-7-11-26/h2-19,30H,20H2,1H3. The molecule has 0 aromatic heterocycles. The second kappa shape index (κ2) is 9.84. The van der Waals surface area contributed by atoms with Crippen LogP contribution in [0.1, 0.15) is 12.5 Å². The van der Waals surface area contributed by atoms with Gasteiger partial charge in [0, 0.05) is 16.2 Å². The van der Waals surface area contributed by atoms with Gasteiger partial charge in [0.05, 0.1) is 0 Å². The van der Waals surface area contributed by atoms with Crippen molar-refractivity contribution >= 4 is 28.4 Å². The first-order valence-corrected chi connectivity index (χ1v) is 12.1. The highest BCUT2D eigenvalue weighted by molar-refractivity contribution is 8.17. The molecule has 0 fully saturated rings. The van der Waals surface area contributed by atoms with Crippen LogP contribution in [-0.4, -0.2) is 5.78 Å². The van der Waals surface area contributed by atoms with Gasteiger partial charge in [0.2, 0.25) is 0 Å². The van der Waals surface area contributed by atoms with Crippen LogP contribution in [0, 0.1) is 0 Å². The summed E-state index contributed by atoms with van der Waals surface area (Å²) in [6.07, 6.45) is 0.502. The lowest BCUT2D eigenvalue weighted by molar-refractivity contribution is -0.116. The third-order valence-corrected chi connectivity index (χ3v) is 8.20. The molecule has 3 heteroatoms. The van der Waals surface area contributed by atoms with E-state index in [0.717, 1.165) is 5.56 Å². The highest BCUT2D eigenvalue weighted by Gasteiger charge is 2.12. The Kier molecular flexibility index (Phi) is 6.73. The van der Waals surface area contributed by atoms with E-state index >= 15 is 0 Å². The summed E-state index contributed by atoms with van der Waals surface area (Å²) >= 11 is 1.75. The Morgan fingerprint density at radius 3 is 1.53 bits per heavy atom. The molecule has 1 nitrogen and oxygen atoms in total. The molecule has 150 valence electrons. The molecule has 0 heterocycles. The molecule has 0 radical (unpaired) electrons. The molecule has 0 atom stereocenters. The third-order valence-electron chi connectivity index (χ3n) is 4.74. The van der Waals surface area contributed by atoms with Crippen molar-refractivity contribution in [3.63, 3.8) is 0 Å². The first-order valence-electron chi connectivity index (χ1n) is 9.95. The number of ketones is 1. The van der Waals surface area contributed by atoms with E-state index in [2.05, 4.69) is 97.1 Å². The largest absolute Gasteiger partial charge is 0.300 e. The number of rotatable bonds is 7. The minimum Gasteiger partial charge on any atom is -0.300 e. The van der Waals surface area contributed by atoms with Crippen LogP contribution in [0.25, 0.3) is 0 Å². The van der Waals surface area contributed by atoms with Crippen molar-refractivity contribution in [3.8, 4) is 0 Å². The van der Waals surface area contributed by atoms with E-state index in [4.69, 9.17) is 0 Å². The smallest absolute Gasteiger partial charge is 0.134 e. The van der Waals surface area contributed by atoms with Crippen LogP contribution in [-0.2, 0) is 11.2 Å². The Morgan fingerprint density at radius 2 is 1.07 bits per heavy atom. The van der Waals surface area contributed by atoms with Gasteiger partial charge in [-0.2, -0.15) is 10.9 Å². The highest BCUT2D eigenvalue weighted by Crippen LogP contribution is 2.51. The van der Waals surface area contributed by atoms with E-state index < -0.39 is 10.9 Å². The molecule has 0 N–H and O–H groups in total. The van der Waals surface area contributed by atoms with E-state index in [1.807, 2.05) is 12.1 Å². The average Bonchev–Trinajstić information content (AvgIpc) is 2.78. The highest BCUT2D eigenvalue weighted by atomic mass is 32.2. The number of hydrogen-bond donors (Lipinski definition) is 1. The van der Waals surface area contributed by atoms with E-state index in [1.54, 1.807) is 18.7 Å². The van der Waals surface area contributed by atoms with Crippen LogP contribution in [0.2, 0.25) is 0 Å². The molecule has 4 rings (SSSR count). The predicted octanol–water partition coefficient (Wildman–Crippen LogP) is 7.45. The molecule has 4 aromatic rings. The lowest BCUT2D eigenvalue weighted by Gasteiger charge is -2.23. The summed E-state index contributed by atoms with van der Waals surface area (Å²) in [7, 11) is -0.572. The Hall–Kier alpha value is -2.75. The Morgan fingerprint density at radius 1 is 0.633 bits per heavy atom. The quantitative estimate of drug-likeness (QED) is 0.308. The molecule has 0 bridgehead atoms. The fourth-order valence-corrected chi connectivity index (χ4v) is 6.46. The fraction of sp³-hybridized carbons (Fsp3) is 0.0741. The van der Waals surface area contributed by atoms with E-state index in [9.17, 15) is 4.79 Å². The minimum atomic E-state index is -0.572. The second-order valence-corrected chi connectivity index (χ2v) is 10.5. The van der Waals surface area contributed by atoms with Gasteiger partial charge in [-0.1, -0.05) is 60.3 Å². The summed E-state index contributed by atoms with van der Waals surface area (Å²) in [5, 5.41) is 0. The van der Waals surface area contributed by atoms with Crippen molar-refractivity contribution in [1.29, 1.82) is 0 Å². The van der Waals surface area contributed by atoms with Crippen LogP contribution in [0.15, 0.2) is 134 Å². The number of thiol groups is 1. The van der Waals surface area contributed by atoms with Crippen molar-refractivity contribution in [2.24, 2.45) is 0 Å². The monoisotopic (exact) mass is 428 g/mol. The zero-order valence-corrected chi connectivity index (χ0v) is 18.6. The maximum atomic E-state index is 11.3. The van der Waals surface area contributed by atoms with Crippen LogP contribution < -0.4 is 0 Å². The van der Waals surface area contributed by atoms with Crippen molar-refractivity contribution in [1.82, 2.24) is 0 Å². The van der Waals surface area contributed by atoms with Crippen LogP contribution in [0.4, 0.5) is 0 Å². The van der Waals surface area contributed by atoms with Gasteiger partial charge in [-0.15, -0.1) is 0 Å². The van der Waals surface area contributed by atoms with Crippen molar-refractivity contribution in [2.45, 2.75) is 37.8 Å². The molecule has 0 aliphatic rings. The summed E-state index contributed by atoms with van der Waals surface area (Å²) in [5.41, 5.74) is 1.07. The molecule has 0 aliphatic heterocycles. The van der Waals surface area contributed by atoms with Gasteiger partial charge < -0.3 is 0 Å². The zero-order valence-electron chi connectivity index (χ0n) is 16.9. The molecular formula is C27H24OS2. The number of hydrogen-bond acceptors (Lipinski definition) is 2. The Bertz CT molecular complexity index is 1050. The molecule has 0 unspecified atom stereocenters. The van der Waals surface area contributed by atoms with Crippen molar-refractivity contribution in [2.75, 3.05) is 0 Å². The molecule has 0 amide bonds. The van der Waals surface area contributed by atoms with Gasteiger partial charge in [0.1, 0.15) is 5.78 Å². The third kappa shape index (κ3) is 5.24. The SMILES string of the molecule is CC(=O)Cc1ccc(Sc2ccc([SH](c3ccccc3)c3ccccc3)cc2)cc1. The Labute approximate surface area is 185 Å². The van der Waals surface area contributed by atoms with Gasteiger partial charge >= 0.3 is 0 Å². The lowest BCUT2D eigenvalue weighted by atomic mass is 10.1. The molecule has 4 aromatic carbocycles. The van der Waals surface area contributed by atoms with Gasteiger partial charge in [0.25, 0.3) is 0 Å². The summed E-state index contributed by atoms with van der Waals surface area (Å²) in [6.45, 7) is 1.63. The van der Waals surface area contributed by atoms with Gasteiger partial charge in [-0.3, -0.25) is 4.79 Å². The fourth-order valence-electron chi connectivity index (χ4n) is 3.36. The van der Waals surface area contributed by atoms with Crippen LogP contribution >= 0.6 is 22.7 Å². The summed E-state index contributed by atoms with van der Waals surface area (Å²) in [6, 6.07) is 38.8. The van der Waals surface area contributed by atoms with Crippen molar-refractivity contribution in [3.05, 3.63) is 115 Å². The molecular weight excluding hydrogens is 404 g/mol. The molecule has 0 aliphatic carbocycles. The molecule has 0 saturated heterocycles. The lowest BCUT2D eigenvalue weighted by Crippen LogP contribution is -1.95. The van der Waals surface area contributed by atoms with E-state index in [0.29, 0.717) is 6.42 Å². The normalized spacial score (nSPS) is 11.2. The Balaban J connectivity index is 1.56.